The summed E-state index contributed by atoms with van der Waals surface area (Å²) in [6.07, 6.45) is 8.86. The SMILES string of the molecule is CC1(C)C(C(=O)N2CCCC2C(=O)NCCC2=CCCCC2)N2C(=O)CC2S1(=O)=O. The maximum atomic E-state index is 13.4. The first-order valence-corrected chi connectivity index (χ1v) is 12.5. The fraction of sp³-hybridized carbons (Fsp3) is 0.762. The zero-order valence-corrected chi connectivity index (χ0v) is 18.5. The maximum Gasteiger partial charge on any atom is 0.247 e. The second kappa shape index (κ2) is 7.66. The zero-order valence-electron chi connectivity index (χ0n) is 17.7. The summed E-state index contributed by atoms with van der Waals surface area (Å²) >= 11 is 0. The van der Waals surface area contributed by atoms with Gasteiger partial charge in [0, 0.05) is 13.1 Å². The van der Waals surface area contributed by atoms with E-state index in [4.69, 9.17) is 0 Å². The van der Waals surface area contributed by atoms with Gasteiger partial charge in [0.15, 0.2) is 9.84 Å². The molecule has 4 rings (SSSR count). The van der Waals surface area contributed by atoms with Crippen molar-refractivity contribution in [2.45, 2.75) is 87.4 Å². The minimum atomic E-state index is -3.64. The molecule has 3 amide bonds. The maximum absolute atomic E-state index is 13.4. The molecule has 8 nitrogen and oxygen atoms in total. The van der Waals surface area contributed by atoms with Crippen molar-refractivity contribution in [3.63, 3.8) is 0 Å². The predicted molar refractivity (Wildman–Crippen MR) is 111 cm³/mol. The molecule has 0 aromatic rings. The third-order valence-corrected chi connectivity index (χ3v) is 9.98. The van der Waals surface area contributed by atoms with Gasteiger partial charge in [0.25, 0.3) is 0 Å². The number of sulfone groups is 1. The van der Waals surface area contributed by atoms with E-state index in [0.29, 0.717) is 25.9 Å². The molecule has 3 atom stereocenters. The number of rotatable bonds is 5. The minimum Gasteiger partial charge on any atom is -0.354 e. The number of allylic oxidation sites excluding steroid dienone is 1. The van der Waals surface area contributed by atoms with Gasteiger partial charge in [0.05, 0.1) is 11.2 Å². The Balaban J connectivity index is 1.44. The molecule has 3 heterocycles. The van der Waals surface area contributed by atoms with Crippen LogP contribution in [0.4, 0.5) is 0 Å². The molecule has 1 aliphatic carbocycles. The normalized spacial score (nSPS) is 31.7. The third-order valence-electron chi connectivity index (χ3n) is 7.18. The van der Waals surface area contributed by atoms with Gasteiger partial charge in [0.1, 0.15) is 17.5 Å². The Morgan fingerprint density at radius 2 is 2.00 bits per heavy atom. The molecular formula is C21H31N3O5S. The number of likely N-dealkylation sites (tertiary alicyclic amines) is 1. The molecule has 0 aromatic heterocycles. The van der Waals surface area contributed by atoms with Crippen LogP contribution in [0.25, 0.3) is 0 Å². The van der Waals surface area contributed by atoms with Crippen LogP contribution < -0.4 is 5.32 Å². The van der Waals surface area contributed by atoms with Gasteiger partial charge < -0.3 is 15.1 Å². The molecule has 166 valence electrons. The Labute approximate surface area is 178 Å². The van der Waals surface area contributed by atoms with Gasteiger partial charge in [-0.15, -0.1) is 0 Å². The highest BCUT2D eigenvalue weighted by Crippen LogP contribution is 2.46. The van der Waals surface area contributed by atoms with Crippen LogP contribution in [0.5, 0.6) is 0 Å². The van der Waals surface area contributed by atoms with E-state index in [1.165, 1.54) is 42.1 Å². The van der Waals surface area contributed by atoms with E-state index in [2.05, 4.69) is 11.4 Å². The van der Waals surface area contributed by atoms with Crippen molar-refractivity contribution in [2.24, 2.45) is 0 Å². The van der Waals surface area contributed by atoms with Gasteiger partial charge in [-0.05, 0) is 58.8 Å². The second-order valence-electron chi connectivity index (χ2n) is 9.35. The lowest BCUT2D eigenvalue weighted by Crippen LogP contribution is -2.61. The predicted octanol–water partition coefficient (Wildman–Crippen LogP) is 1.12. The summed E-state index contributed by atoms with van der Waals surface area (Å²) in [5.41, 5.74) is 1.38. The first-order valence-electron chi connectivity index (χ1n) is 11.0. The largest absolute Gasteiger partial charge is 0.354 e. The highest BCUT2D eigenvalue weighted by atomic mass is 32.2. The summed E-state index contributed by atoms with van der Waals surface area (Å²) in [4.78, 5) is 41.1. The van der Waals surface area contributed by atoms with Crippen LogP contribution in [0.1, 0.15) is 65.2 Å². The van der Waals surface area contributed by atoms with Crippen molar-refractivity contribution in [3.05, 3.63) is 11.6 Å². The average molecular weight is 438 g/mol. The average Bonchev–Trinajstić information content (AvgIpc) is 3.23. The number of amides is 3. The van der Waals surface area contributed by atoms with Crippen molar-refractivity contribution in [3.8, 4) is 0 Å². The van der Waals surface area contributed by atoms with Gasteiger partial charge in [-0.3, -0.25) is 14.4 Å². The standard InChI is InChI=1S/C21H31N3O5S/c1-21(2)18(24-16(25)13-17(24)30(21,28)29)20(27)23-12-6-9-15(23)19(26)22-11-10-14-7-4-3-5-8-14/h7,15,17-18H,3-6,8-13H2,1-2H3,(H,22,26). The number of hydrogen-bond acceptors (Lipinski definition) is 5. The van der Waals surface area contributed by atoms with Gasteiger partial charge in [-0.2, -0.15) is 0 Å². The quantitative estimate of drug-likeness (QED) is 0.513. The van der Waals surface area contributed by atoms with Gasteiger partial charge in [-0.25, -0.2) is 8.42 Å². The van der Waals surface area contributed by atoms with E-state index in [0.717, 1.165) is 19.3 Å². The molecule has 3 fully saturated rings. The van der Waals surface area contributed by atoms with Crippen LogP contribution >= 0.6 is 0 Å². The van der Waals surface area contributed by atoms with Crippen LogP contribution in [0.15, 0.2) is 11.6 Å². The molecule has 30 heavy (non-hydrogen) atoms. The Bertz CT molecular complexity index is 894. The second-order valence-corrected chi connectivity index (χ2v) is 12.0. The van der Waals surface area contributed by atoms with E-state index < -0.39 is 37.9 Å². The first-order chi connectivity index (χ1) is 14.2. The van der Waals surface area contributed by atoms with Gasteiger partial charge in [0.2, 0.25) is 17.7 Å². The molecule has 0 spiro atoms. The Hall–Kier alpha value is -1.90. The molecule has 0 bridgehead atoms. The van der Waals surface area contributed by atoms with E-state index in [9.17, 15) is 22.8 Å². The molecule has 3 saturated heterocycles. The van der Waals surface area contributed by atoms with Gasteiger partial charge in [-0.1, -0.05) is 11.6 Å². The zero-order chi connectivity index (χ0) is 21.7. The number of hydrogen-bond donors (Lipinski definition) is 1. The fourth-order valence-electron chi connectivity index (χ4n) is 5.28. The first kappa shape index (κ1) is 21.3. The summed E-state index contributed by atoms with van der Waals surface area (Å²) in [7, 11) is -3.64. The van der Waals surface area contributed by atoms with E-state index >= 15 is 0 Å². The Morgan fingerprint density at radius 1 is 1.23 bits per heavy atom. The molecule has 3 unspecified atom stereocenters. The van der Waals surface area contributed by atoms with Crippen molar-refractivity contribution < 1.29 is 22.8 Å². The lowest BCUT2D eigenvalue weighted by molar-refractivity contribution is -0.155. The van der Waals surface area contributed by atoms with Crippen LogP contribution in [0.3, 0.4) is 0 Å². The number of nitrogens with zero attached hydrogens (tertiary/aromatic N) is 2. The molecule has 9 heteroatoms. The van der Waals surface area contributed by atoms with Crippen molar-refractivity contribution in [1.82, 2.24) is 15.1 Å². The van der Waals surface area contributed by atoms with Crippen LogP contribution in [0, 0.1) is 0 Å². The molecule has 0 radical (unpaired) electrons. The number of fused-ring (bicyclic) bond motifs is 1. The minimum absolute atomic E-state index is 0.0602. The smallest absolute Gasteiger partial charge is 0.247 e. The molecular weight excluding hydrogens is 406 g/mol. The van der Waals surface area contributed by atoms with Crippen molar-refractivity contribution >= 4 is 27.6 Å². The summed E-state index contributed by atoms with van der Waals surface area (Å²) < 4.78 is 24.3. The number of β-lactam (4-membered cyclic amide) rings is 1. The number of carbonyl (C=O) groups is 3. The van der Waals surface area contributed by atoms with Crippen molar-refractivity contribution in [1.29, 1.82) is 0 Å². The molecule has 3 aliphatic heterocycles. The molecule has 4 aliphatic rings. The highest BCUT2D eigenvalue weighted by Gasteiger charge is 2.68. The highest BCUT2D eigenvalue weighted by molar-refractivity contribution is 7.93. The van der Waals surface area contributed by atoms with Gasteiger partial charge >= 0.3 is 0 Å². The Morgan fingerprint density at radius 3 is 2.67 bits per heavy atom. The van der Waals surface area contributed by atoms with Crippen LogP contribution in [-0.2, 0) is 24.2 Å². The van der Waals surface area contributed by atoms with Crippen molar-refractivity contribution in [2.75, 3.05) is 13.1 Å². The molecule has 0 saturated carbocycles. The van der Waals surface area contributed by atoms with Crippen LogP contribution in [0.2, 0.25) is 0 Å². The monoisotopic (exact) mass is 437 g/mol. The molecule has 0 aromatic carbocycles. The lowest BCUT2D eigenvalue weighted by atomic mass is 9.96. The van der Waals surface area contributed by atoms with Crippen LogP contribution in [-0.4, -0.2) is 71.2 Å². The number of nitrogens with one attached hydrogen (secondary N) is 1. The lowest BCUT2D eigenvalue weighted by Gasteiger charge is -2.39. The Kier molecular flexibility index (Phi) is 5.45. The summed E-state index contributed by atoms with van der Waals surface area (Å²) in [5, 5.41) is 2.04. The third kappa shape index (κ3) is 3.25. The van der Waals surface area contributed by atoms with E-state index in [1.54, 1.807) is 0 Å². The summed E-state index contributed by atoms with van der Waals surface area (Å²) in [5.74, 6) is -0.928. The fourth-order valence-corrected chi connectivity index (χ4v) is 7.41. The summed E-state index contributed by atoms with van der Waals surface area (Å²) in [6, 6.07) is -1.67. The summed E-state index contributed by atoms with van der Waals surface area (Å²) in [6.45, 7) is 3.97. The topological polar surface area (TPSA) is 104 Å². The number of carbonyl (C=O) groups excluding carboxylic acids is 3. The molecule has 1 N–H and O–H groups in total. The van der Waals surface area contributed by atoms with E-state index in [-0.39, 0.29) is 18.2 Å². The van der Waals surface area contributed by atoms with E-state index in [1.807, 2.05) is 0 Å².